The van der Waals surface area contributed by atoms with Gasteiger partial charge < -0.3 is 19.5 Å². The Hall–Kier alpha value is -3.77. The van der Waals surface area contributed by atoms with E-state index in [-0.39, 0.29) is 12.5 Å². The summed E-state index contributed by atoms with van der Waals surface area (Å²) >= 11 is 0. The van der Waals surface area contributed by atoms with Crippen molar-refractivity contribution in [2.75, 3.05) is 56.4 Å². The monoisotopic (exact) mass is 530 g/mol. The highest BCUT2D eigenvalue weighted by molar-refractivity contribution is 5.94. The van der Waals surface area contributed by atoms with Crippen LogP contribution < -0.4 is 15.1 Å². The molecule has 1 fully saturated rings. The molecular formula is C26H29F3N6O3. The Morgan fingerprint density at radius 1 is 1.03 bits per heavy atom. The Balaban J connectivity index is 1.16. The maximum absolute atomic E-state index is 12.4. The smallest absolute Gasteiger partial charge is 0.452 e. The van der Waals surface area contributed by atoms with Crippen molar-refractivity contribution in [2.45, 2.75) is 19.8 Å². The van der Waals surface area contributed by atoms with Crippen LogP contribution in [0.4, 0.5) is 24.5 Å². The number of morpholine rings is 1. The molecule has 202 valence electrons. The Morgan fingerprint density at radius 2 is 1.76 bits per heavy atom. The molecule has 1 saturated heterocycles. The van der Waals surface area contributed by atoms with E-state index in [9.17, 15) is 13.2 Å². The van der Waals surface area contributed by atoms with Crippen LogP contribution in [0, 0.1) is 6.92 Å². The number of benzene rings is 2. The van der Waals surface area contributed by atoms with Gasteiger partial charge in [-0.1, -0.05) is 12.1 Å². The lowest BCUT2D eigenvalue weighted by atomic mass is 10.2. The second kappa shape index (κ2) is 11.3. The zero-order valence-corrected chi connectivity index (χ0v) is 20.9. The summed E-state index contributed by atoms with van der Waals surface area (Å²) in [5.74, 6) is 0.0547. The third-order valence-corrected chi connectivity index (χ3v) is 6.25. The molecule has 38 heavy (non-hydrogen) atoms. The molecule has 1 aromatic heterocycles. The number of aromatic nitrogens is 2. The molecule has 0 saturated carbocycles. The predicted octanol–water partition coefficient (Wildman–Crippen LogP) is 4.04. The topological polar surface area (TPSA) is 76.4 Å². The van der Waals surface area contributed by atoms with Crippen LogP contribution in [0.3, 0.4) is 0 Å². The van der Waals surface area contributed by atoms with Crippen molar-refractivity contribution < 1.29 is 27.4 Å². The summed E-state index contributed by atoms with van der Waals surface area (Å²) in [6, 6.07) is 15.6. The molecule has 9 nitrogen and oxygen atoms in total. The summed E-state index contributed by atoms with van der Waals surface area (Å²) in [5.41, 5.74) is 4.30. The van der Waals surface area contributed by atoms with Crippen molar-refractivity contribution in [3.63, 3.8) is 0 Å². The highest BCUT2D eigenvalue weighted by Crippen LogP contribution is 2.27. The van der Waals surface area contributed by atoms with Crippen LogP contribution in [0.2, 0.25) is 0 Å². The highest BCUT2D eigenvalue weighted by atomic mass is 19.4. The molecule has 0 radical (unpaired) electrons. The van der Waals surface area contributed by atoms with Gasteiger partial charge in [0.15, 0.2) is 6.73 Å². The average molecular weight is 531 g/mol. The standard InChI is InChI=1S/C26H29F3N6O3/c1-19-16-24(25-32-35(18-37-25)22-6-8-23(9-7-22)38-26(27,28)29)31-34(19)17-20-2-4-21(5-3-20)30-10-11-33-12-14-36-15-13-33/h2-9,16,30H,10-15,17-18H2,1H3. The van der Waals surface area contributed by atoms with E-state index in [2.05, 4.69) is 49.4 Å². The first-order valence-corrected chi connectivity index (χ1v) is 12.3. The second-order valence-corrected chi connectivity index (χ2v) is 9.03. The van der Waals surface area contributed by atoms with Crippen molar-refractivity contribution in [3.05, 3.63) is 71.5 Å². The highest BCUT2D eigenvalue weighted by Gasteiger charge is 2.31. The van der Waals surface area contributed by atoms with Gasteiger partial charge in [-0.25, -0.2) is 5.01 Å². The number of alkyl halides is 3. The normalized spacial score (nSPS) is 16.3. The van der Waals surface area contributed by atoms with E-state index in [1.165, 1.54) is 24.3 Å². The molecule has 12 heteroatoms. The first kappa shape index (κ1) is 25.9. The van der Waals surface area contributed by atoms with E-state index in [1.54, 1.807) is 5.01 Å². The Morgan fingerprint density at radius 3 is 2.47 bits per heavy atom. The zero-order chi connectivity index (χ0) is 26.5. The molecule has 0 bridgehead atoms. The number of hydrazone groups is 1. The van der Waals surface area contributed by atoms with Gasteiger partial charge in [-0.05, 0) is 55.0 Å². The van der Waals surface area contributed by atoms with Crippen LogP contribution in [-0.2, 0) is 16.0 Å². The number of anilines is 2. The van der Waals surface area contributed by atoms with Crippen LogP contribution in [0.15, 0.2) is 59.7 Å². The van der Waals surface area contributed by atoms with Crippen LogP contribution in [0.5, 0.6) is 5.75 Å². The minimum Gasteiger partial charge on any atom is -0.452 e. The first-order valence-electron chi connectivity index (χ1n) is 12.3. The molecule has 0 spiro atoms. The summed E-state index contributed by atoms with van der Waals surface area (Å²) in [6.07, 6.45) is -4.73. The SMILES string of the molecule is Cc1cc(C2=NN(c3ccc(OC(F)(F)F)cc3)CO2)nn1Cc1ccc(NCCN2CCOCC2)cc1. The molecule has 2 aromatic carbocycles. The van der Waals surface area contributed by atoms with E-state index in [4.69, 9.17) is 9.47 Å². The minimum atomic E-state index is -4.73. The Bertz CT molecular complexity index is 1240. The summed E-state index contributed by atoms with van der Waals surface area (Å²) in [4.78, 5) is 2.39. The lowest BCUT2D eigenvalue weighted by molar-refractivity contribution is -0.274. The van der Waals surface area contributed by atoms with Gasteiger partial charge in [-0.15, -0.1) is 18.3 Å². The number of rotatable bonds is 9. The fraction of sp³-hybridized carbons (Fsp3) is 0.385. The third-order valence-electron chi connectivity index (χ3n) is 6.25. The first-order chi connectivity index (χ1) is 18.3. The average Bonchev–Trinajstić information content (AvgIpc) is 3.53. The maximum Gasteiger partial charge on any atom is 0.573 e. The van der Waals surface area contributed by atoms with Gasteiger partial charge >= 0.3 is 6.36 Å². The fourth-order valence-electron chi connectivity index (χ4n) is 4.23. The van der Waals surface area contributed by atoms with Gasteiger partial charge in [0.25, 0.3) is 5.90 Å². The van der Waals surface area contributed by atoms with Crippen molar-refractivity contribution in [1.29, 1.82) is 0 Å². The van der Waals surface area contributed by atoms with Crippen molar-refractivity contribution in [3.8, 4) is 5.75 Å². The van der Waals surface area contributed by atoms with Gasteiger partial charge in [0.2, 0.25) is 0 Å². The van der Waals surface area contributed by atoms with Crippen molar-refractivity contribution in [2.24, 2.45) is 5.10 Å². The predicted molar refractivity (Wildman–Crippen MR) is 136 cm³/mol. The number of nitrogens with zero attached hydrogens (tertiary/aromatic N) is 5. The summed E-state index contributed by atoms with van der Waals surface area (Å²) in [7, 11) is 0. The minimum absolute atomic E-state index is 0.126. The van der Waals surface area contributed by atoms with Crippen LogP contribution in [0.1, 0.15) is 17.0 Å². The largest absolute Gasteiger partial charge is 0.573 e. The van der Waals surface area contributed by atoms with Crippen LogP contribution in [-0.4, -0.2) is 73.1 Å². The third kappa shape index (κ3) is 6.75. The molecule has 0 aliphatic carbocycles. The van der Waals surface area contributed by atoms with Gasteiger partial charge in [0, 0.05) is 37.6 Å². The molecule has 0 amide bonds. The molecule has 0 unspecified atom stereocenters. The number of halogens is 3. The van der Waals surface area contributed by atoms with Crippen molar-refractivity contribution in [1.82, 2.24) is 14.7 Å². The number of nitrogens with one attached hydrogen (secondary N) is 1. The Kier molecular flexibility index (Phi) is 7.70. The molecule has 2 aliphatic rings. The van der Waals surface area contributed by atoms with Gasteiger partial charge in [0.05, 0.1) is 25.4 Å². The molecule has 0 atom stereocenters. The molecule has 5 rings (SSSR count). The summed E-state index contributed by atoms with van der Waals surface area (Å²) in [6.45, 7) is 8.12. The molecular weight excluding hydrogens is 501 g/mol. The van der Waals surface area contributed by atoms with Crippen molar-refractivity contribution >= 4 is 17.3 Å². The zero-order valence-electron chi connectivity index (χ0n) is 20.9. The molecule has 3 aromatic rings. The maximum atomic E-state index is 12.4. The molecule has 1 N–H and O–H groups in total. The van der Waals surface area contributed by atoms with E-state index >= 15 is 0 Å². The summed E-state index contributed by atoms with van der Waals surface area (Å²) in [5, 5.41) is 14.1. The number of hydrogen-bond acceptors (Lipinski definition) is 8. The van der Waals surface area contributed by atoms with E-state index in [0.29, 0.717) is 23.8 Å². The van der Waals surface area contributed by atoms with E-state index in [0.717, 1.165) is 56.3 Å². The number of ether oxygens (including phenoxy) is 3. The molecule has 3 heterocycles. The van der Waals surface area contributed by atoms with E-state index in [1.807, 2.05) is 17.7 Å². The Labute approximate surface area is 218 Å². The number of aryl methyl sites for hydroxylation is 1. The molecule has 2 aliphatic heterocycles. The lowest BCUT2D eigenvalue weighted by Crippen LogP contribution is -2.38. The second-order valence-electron chi connectivity index (χ2n) is 9.03. The van der Waals surface area contributed by atoms with Gasteiger partial charge in [-0.2, -0.15) is 5.10 Å². The number of hydrogen-bond donors (Lipinski definition) is 1. The fourth-order valence-corrected chi connectivity index (χ4v) is 4.23. The van der Waals surface area contributed by atoms with Crippen LogP contribution >= 0.6 is 0 Å². The lowest BCUT2D eigenvalue weighted by Gasteiger charge is -2.26. The van der Waals surface area contributed by atoms with Gasteiger partial charge in [-0.3, -0.25) is 9.58 Å². The van der Waals surface area contributed by atoms with Gasteiger partial charge in [0.1, 0.15) is 11.4 Å². The van der Waals surface area contributed by atoms with E-state index < -0.39 is 6.36 Å². The summed E-state index contributed by atoms with van der Waals surface area (Å²) < 4.78 is 54.0. The van der Waals surface area contributed by atoms with Crippen LogP contribution in [0.25, 0.3) is 0 Å². The quantitative estimate of drug-likeness (QED) is 0.448.